The van der Waals surface area contributed by atoms with E-state index in [9.17, 15) is 14.7 Å². The van der Waals surface area contributed by atoms with Gasteiger partial charge < -0.3 is 19.4 Å². The lowest BCUT2D eigenvalue weighted by Gasteiger charge is -2.12. The van der Waals surface area contributed by atoms with E-state index in [-0.39, 0.29) is 16.9 Å². The Morgan fingerprint density at radius 3 is 2.59 bits per heavy atom. The van der Waals surface area contributed by atoms with Gasteiger partial charge in [-0.2, -0.15) is 0 Å². The molecule has 1 aromatic rings. The summed E-state index contributed by atoms with van der Waals surface area (Å²) in [5, 5.41) is 10.9. The maximum Gasteiger partial charge on any atom is 0.337 e. The Balaban J connectivity index is 3.08. The van der Waals surface area contributed by atoms with Crippen LogP contribution in [0.5, 0.6) is 5.75 Å². The second kappa shape index (κ2) is 5.89. The molecule has 0 heterocycles. The Bertz CT molecular complexity index is 425. The van der Waals surface area contributed by atoms with E-state index in [4.69, 9.17) is 4.74 Å². The average Bonchev–Trinajstić information content (AvgIpc) is 2.35. The number of rotatable bonds is 5. The van der Waals surface area contributed by atoms with Gasteiger partial charge >= 0.3 is 5.97 Å². The Labute approximate surface area is 99.0 Å². The molecule has 0 unspecified atom stereocenters. The largest absolute Gasteiger partial charge is 0.545 e. The van der Waals surface area contributed by atoms with Crippen LogP contribution in [0.4, 0.5) is 0 Å². The smallest absolute Gasteiger partial charge is 0.337 e. The third-order valence-electron chi connectivity index (χ3n) is 2.08. The topological polar surface area (TPSA) is 75.7 Å². The second-order valence-electron chi connectivity index (χ2n) is 3.34. The molecule has 0 N–H and O–H groups in total. The maximum atomic E-state index is 11.2. The number of carbonyl (C=O) groups excluding carboxylic acids is 2. The summed E-state index contributed by atoms with van der Waals surface area (Å²) >= 11 is 0. The highest BCUT2D eigenvalue weighted by atomic mass is 16.5. The zero-order valence-corrected chi connectivity index (χ0v) is 9.69. The van der Waals surface area contributed by atoms with Gasteiger partial charge in [0.1, 0.15) is 5.75 Å². The lowest BCUT2D eigenvalue weighted by Crippen LogP contribution is -2.23. The number of methoxy groups -OCH3 is 1. The van der Waals surface area contributed by atoms with E-state index in [1.807, 2.05) is 6.92 Å². The van der Waals surface area contributed by atoms with Crippen molar-refractivity contribution in [1.82, 2.24) is 0 Å². The van der Waals surface area contributed by atoms with Gasteiger partial charge in [0.25, 0.3) is 0 Å². The standard InChI is InChI=1S/C12H14O5/c1-3-6-17-10-5-4-8(12(15)16-2)7-9(10)11(13)14/h4-5,7H,3,6H2,1-2H3,(H,13,14)/p-1. The minimum atomic E-state index is -1.39. The molecule has 1 aromatic carbocycles. The molecule has 5 heteroatoms. The third-order valence-corrected chi connectivity index (χ3v) is 2.08. The van der Waals surface area contributed by atoms with Crippen molar-refractivity contribution in [3.63, 3.8) is 0 Å². The van der Waals surface area contributed by atoms with Crippen molar-refractivity contribution in [2.75, 3.05) is 13.7 Å². The summed E-state index contributed by atoms with van der Waals surface area (Å²) in [7, 11) is 1.22. The number of carbonyl (C=O) groups is 2. The van der Waals surface area contributed by atoms with Crippen LogP contribution in [0.1, 0.15) is 34.1 Å². The number of esters is 1. The Morgan fingerprint density at radius 1 is 1.35 bits per heavy atom. The molecule has 0 aliphatic carbocycles. The molecule has 0 spiro atoms. The van der Waals surface area contributed by atoms with Gasteiger partial charge in [-0.15, -0.1) is 0 Å². The average molecular weight is 237 g/mol. The molecule has 0 amide bonds. The Hall–Kier alpha value is -2.04. The lowest BCUT2D eigenvalue weighted by atomic mass is 10.1. The molecule has 92 valence electrons. The van der Waals surface area contributed by atoms with Crippen LogP contribution < -0.4 is 9.84 Å². The lowest BCUT2D eigenvalue weighted by molar-refractivity contribution is -0.255. The van der Waals surface area contributed by atoms with E-state index in [0.29, 0.717) is 6.61 Å². The molecule has 5 nitrogen and oxygen atoms in total. The molecule has 17 heavy (non-hydrogen) atoms. The van der Waals surface area contributed by atoms with Gasteiger partial charge in [0.15, 0.2) is 0 Å². The number of aromatic carboxylic acids is 1. The van der Waals surface area contributed by atoms with Crippen molar-refractivity contribution >= 4 is 11.9 Å². The number of carboxylic acid groups (broad SMARTS) is 1. The zero-order chi connectivity index (χ0) is 12.8. The number of benzene rings is 1. The third kappa shape index (κ3) is 3.21. The van der Waals surface area contributed by atoms with Crippen molar-refractivity contribution < 1.29 is 24.2 Å². The highest BCUT2D eigenvalue weighted by Crippen LogP contribution is 2.20. The van der Waals surface area contributed by atoms with E-state index >= 15 is 0 Å². The molecular formula is C12H13O5-. The van der Waals surface area contributed by atoms with E-state index < -0.39 is 11.9 Å². The minimum absolute atomic E-state index is 0.149. The molecule has 0 aliphatic heterocycles. The Kier molecular flexibility index (Phi) is 4.51. The zero-order valence-electron chi connectivity index (χ0n) is 9.69. The van der Waals surface area contributed by atoms with Crippen LogP contribution in [0, 0.1) is 0 Å². The van der Waals surface area contributed by atoms with Gasteiger partial charge in [-0.05, 0) is 24.6 Å². The molecule has 1 rings (SSSR count). The van der Waals surface area contributed by atoms with Crippen LogP contribution in [-0.4, -0.2) is 25.7 Å². The molecule has 0 fully saturated rings. The van der Waals surface area contributed by atoms with Crippen LogP contribution >= 0.6 is 0 Å². The fraction of sp³-hybridized carbons (Fsp3) is 0.333. The van der Waals surface area contributed by atoms with Crippen molar-refractivity contribution in [3.05, 3.63) is 29.3 Å². The number of hydrogen-bond acceptors (Lipinski definition) is 5. The predicted octanol–water partition coefficient (Wildman–Crippen LogP) is 0.625. The highest BCUT2D eigenvalue weighted by Gasteiger charge is 2.11. The first-order valence-electron chi connectivity index (χ1n) is 5.16. The van der Waals surface area contributed by atoms with Crippen LogP contribution in [0.2, 0.25) is 0 Å². The first kappa shape index (κ1) is 13.0. The van der Waals surface area contributed by atoms with Crippen LogP contribution in [0.3, 0.4) is 0 Å². The summed E-state index contributed by atoms with van der Waals surface area (Å²) in [6.45, 7) is 2.30. The van der Waals surface area contributed by atoms with Crippen LogP contribution in [0.25, 0.3) is 0 Å². The molecule has 0 saturated heterocycles. The van der Waals surface area contributed by atoms with Gasteiger partial charge in [-0.1, -0.05) is 6.92 Å². The Morgan fingerprint density at radius 2 is 2.06 bits per heavy atom. The van der Waals surface area contributed by atoms with Gasteiger partial charge in [0.2, 0.25) is 0 Å². The molecule has 0 atom stereocenters. The van der Waals surface area contributed by atoms with E-state index in [0.717, 1.165) is 6.42 Å². The fourth-order valence-corrected chi connectivity index (χ4v) is 1.27. The van der Waals surface area contributed by atoms with Gasteiger partial charge in [-0.3, -0.25) is 0 Å². The fourth-order valence-electron chi connectivity index (χ4n) is 1.27. The van der Waals surface area contributed by atoms with Crippen molar-refractivity contribution in [3.8, 4) is 5.75 Å². The van der Waals surface area contributed by atoms with E-state index in [1.165, 1.54) is 25.3 Å². The molecular weight excluding hydrogens is 224 g/mol. The van der Waals surface area contributed by atoms with Crippen molar-refractivity contribution in [1.29, 1.82) is 0 Å². The molecule has 0 bridgehead atoms. The maximum absolute atomic E-state index is 11.2. The first-order valence-corrected chi connectivity index (χ1v) is 5.16. The first-order chi connectivity index (χ1) is 8.10. The van der Waals surface area contributed by atoms with Crippen LogP contribution in [0.15, 0.2) is 18.2 Å². The summed E-state index contributed by atoms with van der Waals surface area (Å²) < 4.78 is 9.74. The van der Waals surface area contributed by atoms with E-state index in [1.54, 1.807) is 0 Å². The summed E-state index contributed by atoms with van der Waals surface area (Å²) in [5.41, 5.74) is -0.00287. The van der Waals surface area contributed by atoms with E-state index in [2.05, 4.69) is 4.74 Å². The summed E-state index contributed by atoms with van der Waals surface area (Å²) in [6, 6.07) is 4.06. The van der Waals surface area contributed by atoms with Crippen LogP contribution in [-0.2, 0) is 4.74 Å². The normalized spacial score (nSPS) is 9.76. The predicted molar refractivity (Wildman–Crippen MR) is 57.9 cm³/mol. The van der Waals surface area contributed by atoms with Gasteiger partial charge in [0, 0.05) is 5.56 Å². The summed E-state index contributed by atoms with van der Waals surface area (Å²) in [4.78, 5) is 22.1. The monoisotopic (exact) mass is 237 g/mol. The molecule has 0 saturated carbocycles. The SMILES string of the molecule is CCCOc1ccc(C(=O)OC)cc1C(=O)[O-]. The molecule has 0 aliphatic rings. The summed E-state index contributed by atoms with van der Waals surface area (Å²) in [5.74, 6) is -1.80. The van der Waals surface area contributed by atoms with Crippen molar-refractivity contribution in [2.24, 2.45) is 0 Å². The molecule has 0 aromatic heterocycles. The quantitative estimate of drug-likeness (QED) is 0.702. The number of hydrogen-bond donors (Lipinski definition) is 0. The highest BCUT2D eigenvalue weighted by molar-refractivity contribution is 5.95. The van der Waals surface area contributed by atoms with Gasteiger partial charge in [-0.25, -0.2) is 4.79 Å². The number of ether oxygens (including phenoxy) is 2. The van der Waals surface area contributed by atoms with Gasteiger partial charge in [0.05, 0.1) is 25.2 Å². The molecule has 0 radical (unpaired) electrons. The summed E-state index contributed by atoms with van der Waals surface area (Å²) in [6.07, 6.45) is 0.755. The van der Waals surface area contributed by atoms with Crippen molar-refractivity contribution in [2.45, 2.75) is 13.3 Å². The number of carboxylic acids is 1. The second-order valence-corrected chi connectivity index (χ2v) is 3.34. The minimum Gasteiger partial charge on any atom is -0.545 e.